The van der Waals surface area contributed by atoms with Crippen molar-refractivity contribution in [3.8, 4) is 0 Å². The molecule has 0 aliphatic carbocycles. The van der Waals surface area contributed by atoms with E-state index in [0.29, 0.717) is 12.8 Å². The molecule has 1 amide bonds. The van der Waals surface area contributed by atoms with Crippen LogP contribution in [0.4, 0.5) is 0 Å². The van der Waals surface area contributed by atoms with Gasteiger partial charge in [0.2, 0.25) is 5.91 Å². The van der Waals surface area contributed by atoms with E-state index in [1.165, 1.54) is 270 Å². The summed E-state index contributed by atoms with van der Waals surface area (Å²) in [5, 5.41) is 55.0. The Bertz CT molecular complexity index is 1450. The van der Waals surface area contributed by atoms with Crippen molar-refractivity contribution in [3.63, 3.8) is 0 Å². The standard InChI is InChI=1S/C74H139NO8/c1-3-5-7-9-11-13-15-17-19-21-23-25-27-29-31-32-33-34-35-36-38-40-42-44-46-48-50-52-54-56-58-60-62-64-70(78)75-67(66-82-74-73(81)72(80)71(79)69(65-76)83-74)68(77)63-61-59-57-55-53-51-49-47-45-43-41-39-37-30-28-26-24-22-20-18-16-14-12-10-8-6-4-2/h5,7,11,13,17,19,23,25,67-69,71-74,76-77,79-81H,3-4,6,8-10,12,14-16,18,20-22,24,26-66H2,1-2H3,(H,75,78)/b7-5-,13-11-,19-17-,25-23-. The molecular formula is C74H139NO8. The molecule has 0 aromatic carbocycles. The molecule has 0 aromatic heterocycles. The van der Waals surface area contributed by atoms with Gasteiger partial charge in [-0.2, -0.15) is 0 Å². The number of nitrogens with one attached hydrogen (secondary N) is 1. The van der Waals surface area contributed by atoms with E-state index in [4.69, 9.17) is 9.47 Å². The number of aliphatic hydroxyl groups excluding tert-OH is 5. The van der Waals surface area contributed by atoms with Gasteiger partial charge in [-0.05, 0) is 51.4 Å². The Kier molecular flexibility index (Phi) is 60.3. The lowest BCUT2D eigenvalue weighted by atomic mass is 9.99. The van der Waals surface area contributed by atoms with Crippen molar-refractivity contribution in [2.75, 3.05) is 13.2 Å². The maximum absolute atomic E-state index is 13.2. The zero-order valence-corrected chi connectivity index (χ0v) is 54.7. The van der Waals surface area contributed by atoms with Gasteiger partial charge in [-0.25, -0.2) is 0 Å². The third-order valence-corrected chi connectivity index (χ3v) is 17.4. The molecule has 0 aromatic rings. The van der Waals surface area contributed by atoms with Gasteiger partial charge in [0.05, 0.1) is 25.4 Å². The summed E-state index contributed by atoms with van der Waals surface area (Å²) < 4.78 is 11.4. The van der Waals surface area contributed by atoms with Gasteiger partial charge < -0.3 is 40.3 Å². The minimum absolute atomic E-state index is 0.134. The largest absolute Gasteiger partial charge is 0.394 e. The number of rotatable bonds is 64. The van der Waals surface area contributed by atoms with E-state index in [0.717, 1.165) is 64.2 Å². The van der Waals surface area contributed by atoms with Gasteiger partial charge in [-0.15, -0.1) is 0 Å². The second-order valence-electron chi connectivity index (χ2n) is 25.4. The Balaban J connectivity index is 2.08. The van der Waals surface area contributed by atoms with E-state index < -0.39 is 49.5 Å². The first-order valence-electron chi connectivity index (χ1n) is 36.3. The fourth-order valence-corrected chi connectivity index (χ4v) is 11.8. The van der Waals surface area contributed by atoms with Crippen molar-refractivity contribution in [1.82, 2.24) is 5.32 Å². The van der Waals surface area contributed by atoms with E-state index in [2.05, 4.69) is 67.8 Å². The van der Waals surface area contributed by atoms with Crippen molar-refractivity contribution in [2.45, 2.75) is 403 Å². The Morgan fingerprint density at radius 3 is 1.11 bits per heavy atom. The summed E-state index contributed by atoms with van der Waals surface area (Å²) in [6.45, 7) is 3.78. The van der Waals surface area contributed by atoms with Crippen LogP contribution >= 0.6 is 0 Å². The van der Waals surface area contributed by atoms with Gasteiger partial charge in [0.1, 0.15) is 24.4 Å². The number of carbonyl (C=O) groups excluding carboxylic acids is 1. The van der Waals surface area contributed by atoms with Crippen LogP contribution in [-0.2, 0) is 14.3 Å². The topological polar surface area (TPSA) is 149 Å². The second kappa shape index (κ2) is 63.2. The molecular weight excluding hydrogens is 1030 g/mol. The fourth-order valence-electron chi connectivity index (χ4n) is 11.8. The summed E-state index contributed by atoms with van der Waals surface area (Å²) in [7, 11) is 0. The molecule has 1 aliphatic heterocycles. The number of aliphatic hydroxyl groups is 5. The van der Waals surface area contributed by atoms with Crippen LogP contribution in [0.2, 0.25) is 0 Å². The van der Waals surface area contributed by atoms with Crippen molar-refractivity contribution < 1.29 is 39.8 Å². The van der Waals surface area contributed by atoms with Gasteiger partial charge in [-0.3, -0.25) is 4.79 Å². The highest BCUT2D eigenvalue weighted by Gasteiger charge is 2.44. The molecule has 488 valence electrons. The molecule has 1 saturated heterocycles. The van der Waals surface area contributed by atoms with Crippen LogP contribution in [0.15, 0.2) is 48.6 Å². The lowest BCUT2D eigenvalue weighted by molar-refractivity contribution is -0.302. The third-order valence-electron chi connectivity index (χ3n) is 17.4. The van der Waals surface area contributed by atoms with Crippen LogP contribution in [0.5, 0.6) is 0 Å². The Morgan fingerprint density at radius 1 is 0.422 bits per heavy atom. The highest BCUT2D eigenvalue weighted by atomic mass is 16.7. The molecule has 0 radical (unpaired) electrons. The predicted octanol–water partition coefficient (Wildman–Crippen LogP) is 20.0. The zero-order chi connectivity index (χ0) is 60.0. The monoisotopic (exact) mass is 1170 g/mol. The quantitative estimate of drug-likeness (QED) is 0.0261. The average Bonchev–Trinajstić information content (AvgIpc) is 3.61. The normalized spacial score (nSPS) is 18.5. The third kappa shape index (κ3) is 51.9. The van der Waals surface area contributed by atoms with Crippen molar-refractivity contribution >= 4 is 5.91 Å². The molecule has 83 heavy (non-hydrogen) atoms. The summed E-state index contributed by atoms with van der Waals surface area (Å²) in [4.78, 5) is 13.2. The van der Waals surface area contributed by atoms with Crippen molar-refractivity contribution in [2.24, 2.45) is 0 Å². The summed E-state index contributed by atoms with van der Waals surface area (Å²) in [5.74, 6) is -0.137. The van der Waals surface area contributed by atoms with Crippen molar-refractivity contribution in [3.05, 3.63) is 48.6 Å². The molecule has 9 heteroatoms. The van der Waals surface area contributed by atoms with Crippen LogP contribution in [0.25, 0.3) is 0 Å². The molecule has 1 aliphatic rings. The van der Waals surface area contributed by atoms with E-state index in [9.17, 15) is 30.3 Å². The molecule has 7 unspecified atom stereocenters. The highest BCUT2D eigenvalue weighted by molar-refractivity contribution is 5.76. The number of unbranched alkanes of at least 4 members (excludes halogenated alkanes) is 46. The lowest BCUT2D eigenvalue weighted by Crippen LogP contribution is -2.60. The SMILES string of the molecule is CC/C=C\C/C=C\C/C=C\C/C=C\CCCCCCCCCCCCCCCCCCCCCCC(=O)NC(COC1OC(CO)C(O)C(O)C1O)C(O)CCCCCCCCCCCCCCCCCCCCCCCCCCCCC. The molecule has 0 saturated carbocycles. The smallest absolute Gasteiger partial charge is 0.220 e. The molecule has 1 rings (SSSR count). The summed E-state index contributed by atoms with van der Waals surface area (Å²) >= 11 is 0. The highest BCUT2D eigenvalue weighted by Crippen LogP contribution is 2.24. The van der Waals surface area contributed by atoms with Crippen LogP contribution < -0.4 is 5.32 Å². The molecule has 6 N–H and O–H groups in total. The first-order chi connectivity index (χ1) is 40.8. The molecule has 0 bridgehead atoms. The van der Waals surface area contributed by atoms with Gasteiger partial charge in [-0.1, -0.05) is 351 Å². The number of amides is 1. The van der Waals surface area contributed by atoms with Crippen LogP contribution in [0.3, 0.4) is 0 Å². The molecule has 9 nitrogen and oxygen atoms in total. The maximum Gasteiger partial charge on any atom is 0.220 e. The number of carbonyl (C=O) groups is 1. The van der Waals surface area contributed by atoms with Crippen LogP contribution in [-0.4, -0.2) is 87.5 Å². The Labute approximate surface area is 514 Å². The molecule has 1 fully saturated rings. The van der Waals surface area contributed by atoms with Gasteiger partial charge in [0.25, 0.3) is 0 Å². The maximum atomic E-state index is 13.2. The first-order valence-corrected chi connectivity index (χ1v) is 36.3. The minimum atomic E-state index is -1.55. The predicted molar refractivity (Wildman–Crippen MR) is 355 cm³/mol. The molecule has 7 atom stereocenters. The van der Waals surface area contributed by atoms with E-state index in [-0.39, 0.29) is 12.5 Å². The first kappa shape index (κ1) is 79.2. The fraction of sp³-hybridized carbons (Fsp3) is 0.878. The summed E-state index contributed by atoms with van der Waals surface area (Å²) in [6, 6.07) is -0.720. The summed E-state index contributed by atoms with van der Waals surface area (Å²) in [5.41, 5.74) is 0. The zero-order valence-electron chi connectivity index (χ0n) is 54.7. The van der Waals surface area contributed by atoms with Crippen LogP contribution in [0.1, 0.15) is 361 Å². The molecule has 0 spiro atoms. The van der Waals surface area contributed by atoms with Gasteiger partial charge >= 0.3 is 0 Å². The Morgan fingerprint density at radius 2 is 0.747 bits per heavy atom. The van der Waals surface area contributed by atoms with Gasteiger partial charge in [0, 0.05) is 6.42 Å². The van der Waals surface area contributed by atoms with Crippen LogP contribution in [0, 0.1) is 0 Å². The number of ether oxygens (including phenoxy) is 2. The average molecular weight is 1170 g/mol. The van der Waals surface area contributed by atoms with E-state index >= 15 is 0 Å². The summed E-state index contributed by atoms with van der Waals surface area (Å²) in [6.07, 6.45) is 79.0. The number of hydrogen-bond donors (Lipinski definition) is 6. The number of hydrogen-bond acceptors (Lipinski definition) is 8. The van der Waals surface area contributed by atoms with Crippen molar-refractivity contribution in [1.29, 1.82) is 0 Å². The lowest BCUT2D eigenvalue weighted by Gasteiger charge is -2.40. The second-order valence-corrected chi connectivity index (χ2v) is 25.4. The van der Waals surface area contributed by atoms with E-state index in [1.807, 2.05) is 0 Å². The van der Waals surface area contributed by atoms with E-state index in [1.54, 1.807) is 0 Å². The molecule has 1 heterocycles. The Hall–Kier alpha value is -1.85. The minimum Gasteiger partial charge on any atom is -0.394 e. The van der Waals surface area contributed by atoms with Gasteiger partial charge in [0.15, 0.2) is 6.29 Å². The number of allylic oxidation sites excluding steroid dienone is 8.